The van der Waals surface area contributed by atoms with Crippen LogP contribution in [0.4, 0.5) is 4.39 Å². The lowest BCUT2D eigenvalue weighted by atomic mass is 9.83. The summed E-state index contributed by atoms with van der Waals surface area (Å²) < 4.78 is 18.5. The van der Waals surface area contributed by atoms with E-state index >= 15 is 0 Å². The van der Waals surface area contributed by atoms with Crippen LogP contribution in [0.2, 0.25) is 0 Å². The molecule has 4 nitrogen and oxygen atoms in total. The van der Waals surface area contributed by atoms with Crippen molar-refractivity contribution < 1.29 is 13.9 Å². The molecule has 0 bridgehead atoms. The first-order valence-electron chi connectivity index (χ1n) is 9.47. The van der Waals surface area contributed by atoms with E-state index in [-0.39, 0.29) is 11.9 Å². The third kappa shape index (κ3) is 4.94. The molecule has 5 heteroatoms. The maximum Gasteiger partial charge on any atom is 0.251 e. The monoisotopic (exact) mass is 348 g/mol. The zero-order valence-corrected chi connectivity index (χ0v) is 15.0. The number of halogens is 1. The molecule has 1 saturated carbocycles. The fraction of sp³-hybridized carbons (Fsp3) is 0.650. The molecule has 1 amide bonds. The molecule has 1 saturated heterocycles. The van der Waals surface area contributed by atoms with Crippen molar-refractivity contribution in [2.45, 2.75) is 50.7 Å². The van der Waals surface area contributed by atoms with Gasteiger partial charge in [0.2, 0.25) is 0 Å². The van der Waals surface area contributed by atoms with Crippen molar-refractivity contribution in [1.82, 2.24) is 10.2 Å². The van der Waals surface area contributed by atoms with Crippen LogP contribution in [0, 0.1) is 5.92 Å². The number of benzene rings is 1. The number of piperidine rings is 1. The Morgan fingerprint density at radius 2 is 1.84 bits per heavy atom. The summed E-state index contributed by atoms with van der Waals surface area (Å²) >= 11 is 0. The fourth-order valence-electron chi connectivity index (χ4n) is 4.03. The van der Waals surface area contributed by atoms with Crippen LogP contribution in [0.1, 0.15) is 48.9 Å². The van der Waals surface area contributed by atoms with Crippen LogP contribution in [0.3, 0.4) is 0 Å². The number of carbonyl (C=O) groups excluding carboxylic acids is 1. The van der Waals surface area contributed by atoms with Gasteiger partial charge in [0.25, 0.3) is 5.91 Å². The summed E-state index contributed by atoms with van der Waals surface area (Å²) in [4.78, 5) is 15.0. The predicted molar refractivity (Wildman–Crippen MR) is 96.8 cm³/mol. The van der Waals surface area contributed by atoms with Crippen molar-refractivity contribution >= 4 is 5.91 Å². The number of likely N-dealkylation sites (tertiary alicyclic amines) is 1. The molecule has 25 heavy (non-hydrogen) atoms. The maximum absolute atomic E-state index is 13.3. The molecular weight excluding hydrogens is 319 g/mol. The van der Waals surface area contributed by atoms with Gasteiger partial charge in [0.05, 0.1) is 7.11 Å². The number of methoxy groups -OCH3 is 1. The van der Waals surface area contributed by atoms with Crippen molar-refractivity contribution in [3.05, 3.63) is 29.8 Å². The van der Waals surface area contributed by atoms with Gasteiger partial charge in [-0.15, -0.1) is 0 Å². The van der Waals surface area contributed by atoms with Gasteiger partial charge in [0.1, 0.15) is 11.9 Å². The van der Waals surface area contributed by atoms with Crippen LogP contribution >= 0.6 is 0 Å². The zero-order chi connectivity index (χ0) is 17.6. The summed E-state index contributed by atoms with van der Waals surface area (Å²) in [5, 5.41) is 3.24. The molecule has 1 aromatic rings. The van der Waals surface area contributed by atoms with Crippen LogP contribution in [0.25, 0.3) is 0 Å². The van der Waals surface area contributed by atoms with Gasteiger partial charge >= 0.3 is 0 Å². The second-order valence-corrected chi connectivity index (χ2v) is 7.33. The number of carbonyl (C=O) groups is 1. The van der Waals surface area contributed by atoms with Crippen LogP contribution in [0.5, 0.6) is 5.75 Å². The van der Waals surface area contributed by atoms with Gasteiger partial charge < -0.3 is 15.0 Å². The van der Waals surface area contributed by atoms with Crippen molar-refractivity contribution in [3.8, 4) is 5.75 Å². The highest BCUT2D eigenvalue weighted by Crippen LogP contribution is 2.27. The Morgan fingerprint density at radius 3 is 2.52 bits per heavy atom. The highest BCUT2D eigenvalue weighted by Gasteiger charge is 2.29. The van der Waals surface area contributed by atoms with Gasteiger partial charge in [0, 0.05) is 31.2 Å². The summed E-state index contributed by atoms with van der Waals surface area (Å²) in [7, 11) is 1.62. The summed E-state index contributed by atoms with van der Waals surface area (Å²) in [6.45, 7) is 2.66. The number of rotatable bonds is 5. The molecule has 2 atom stereocenters. The average Bonchev–Trinajstić information content (AvgIpc) is 2.65. The molecule has 0 radical (unpaired) electrons. The summed E-state index contributed by atoms with van der Waals surface area (Å²) in [6, 6.07) is 7.45. The SMILES string of the molecule is COc1ccc(C(=O)NC2CCCCC2CN2CCC(F)CC2)cc1. The Hall–Kier alpha value is -1.62. The third-order valence-corrected chi connectivity index (χ3v) is 5.59. The highest BCUT2D eigenvalue weighted by molar-refractivity contribution is 5.94. The second kappa shape index (κ2) is 8.65. The van der Waals surface area contributed by atoms with E-state index in [1.165, 1.54) is 6.42 Å². The Morgan fingerprint density at radius 1 is 1.16 bits per heavy atom. The molecule has 2 fully saturated rings. The lowest BCUT2D eigenvalue weighted by Gasteiger charge is -2.37. The van der Waals surface area contributed by atoms with E-state index in [9.17, 15) is 9.18 Å². The standard InChI is InChI=1S/C20H29FN2O2/c1-25-18-8-6-15(7-9-18)20(24)22-19-5-3-2-4-16(19)14-23-12-10-17(21)11-13-23/h6-9,16-17,19H,2-5,10-14H2,1H3,(H,22,24). The van der Waals surface area contributed by atoms with Crippen molar-refractivity contribution in [2.75, 3.05) is 26.7 Å². The molecule has 138 valence electrons. The number of nitrogens with one attached hydrogen (secondary N) is 1. The van der Waals surface area contributed by atoms with Crippen LogP contribution in [-0.4, -0.2) is 49.8 Å². The van der Waals surface area contributed by atoms with Gasteiger partial charge in [-0.05, 0) is 55.9 Å². The molecule has 1 heterocycles. The first-order valence-corrected chi connectivity index (χ1v) is 9.47. The van der Waals surface area contributed by atoms with Crippen LogP contribution in [0.15, 0.2) is 24.3 Å². The highest BCUT2D eigenvalue weighted by atomic mass is 19.1. The number of alkyl halides is 1. The summed E-state index contributed by atoms with van der Waals surface area (Å²) in [6.07, 6.45) is 5.23. The molecule has 2 unspecified atom stereocenters. The molecule has 3 rings (SSSR count). The quantitative estimate of drug-likeness (QED) is 0.886. The van der Waals surface area contributed by atoms with E-state index in [2.05, 4.69) is 10.2 Å². The van der Waals surface area contributed by atoms with Gasteiger partial charge in [0.15, 0.2) is 0 Å². The molecule has 1 aliphatic heterocycles. The lowest BCUT2D eigenvalue weighted by molar-refractivity contribution is 0.0851. The normalized spacial score (nSPS) is 25.5. The minimum Gasteiger partial charge on any atom is -0.497 e. The number of amides is 1. The lowest BCUT2D eigenvalue weighted by Crippen LogP contribution is -2.48. The maximum atomic E-state index is 13.3. The first-order chi connectivity index (χ1) is 12.2. The Labute approximate surface area is 149 Å². The van der Waals surface area contributed by atoms with Gasteiger partial charge in [-0.2, -0.15) is 0 Å². The van der Waals surface area contributed by atoms with E-state index < -0.39 is 6.17 Å². The first kappa shape index (κ1) is 18.2. The summed E-state index contributed by atoms with van der Waals surface area (Å²) in [5.74, 6) is 1.21. The van der Waals surface area contributed by atoms with E-state index in [1.807, 2.05) is 12.1 Å². The third-order valence-electron chi connectivity index (χ3n) is 5.59. The summed E-state index contributed by atoms with van der Waals surface area (Å²) in [5.41, 5.74) is 0.670. The van der Waals surface area contributed by atoms with Gasteiger partial charge in [-0.1, -0.05) is 12.8 Å². The van der Waals surface area contributed by atoms with E-state index in [0.29, 0.717) is 24.3 Å². The molecule has 1 aromatic carbocycles. The molecule has 0 spiro atoms. The molecule has 1 aliphatic carbocycles. The molecule has 0 aromatic heterocycles. The predicted octanol–water partition coefficient (Wildman–Crippen LogP) is 3.42. The average molecular weight is 348 g/mol. The van der Waals surface area contributed by atoms with Gasteiger partial charge in [-0.3, -0.25) is 4.79 Å². The fourth-order valence-corrected chi connectivity index (χ4v) is 4.03. The Bertz CT molecular complexity index is 555. The minimum absolute atomic E-state index is 0.0120. The van der Waals surface area contributed by atoms with E-state index in [4.69, 9.17) is 4.74 Å². The molecule has 2 aliphatic rings. The Balaban J connectivity index is 1.57. The minimum atomic E-state index is -0.631. The zero-order valence-electron chi connectivity index (χ0n) is 15.0. The Kier molecular flexibility index (Phi) is 6.29. The van der Waals surface area contributed by atoms with Crippen LogP contribution < -0.4 is 10.1 Å². The van der Waals surface area contributed by atoms with Gasteiger partial charge in [-0.25, -0.2) is 4.39 Å². The number of ether oxygens (including phenoxy) is 1. The van der Waals surface area contributed by atoms with E-state index in [1.54, 1.807) is 19.2 Å². The second-order valence-electron chi connectivity index (χ2n) is 7.33. The largest absolute Gasteiger partial charge is 0.497 e. The van der Waals surface area contributed by atoms with Crippen LogP contribution in [-0.2, 0) is 0 Å². The van der Waals surface area contributed by atoms with Crippen molar-refractivity contribution in [3.63, 3.8) is 0 Å². The smallest absolute Gasteiger partial charge is 0.251 e. The van der Waals surface area contributed by atoms with Crippen molar-refractivity contribution in [2.24, 2.45) is 5.92 Å². The molecular formula is C20H29FN2O2. The topological polar surface area (TPSA) is 41.6 Å². The molecule has 1 N–H and O–H groups in total. The number of hydrogen-bond acceptors (Lipinski definition) is 3. The number of nitrogens with zero attached hydrogens (tertiary/aromatic N) is 1. The van der Waals surface area contributed by atoms with Crippen molar-refractivity contribution in [1.29, 1.82) is 0 Å². The number of hydrogen-bond donors (Lipinski definition) is 1. The van der Waals surface area contributed by atoms with E-state index in [0.717, 1.165) is 44.6 Å².